The molecule has 0 aromatic heterocycles. The lowest BCUT2D eigenvalue weighted by Crippen LogP contribution is -2.40. The highest BCUT2D eigenvalue weighted by Crippen LogP contribution is 2.27. The van der Waals surface area contributed by atoms with E-state index in [1.165, 1.54) is 13.2 Å². The number of nitrogens with zero attached hydrogens (tertiary/aromatic N) is 1. The number of methoxy groups -OCH3 is 1. The van der Waals surface area contributed by atoms with Gasteiger partial charge in [0.25, 0.3) is 10.0 Å². The van der Waals surface area contributed by atoms with Crippen LogP contribution < -0.4 is 14.4 Å². The Labute approximate surface area is 177 Å². The minimum absolute atomic E-state index is 0.0977. The second kappa shape index (κ2) is 9.45. The van der Waals surface area contributed by atoms with Gasteiger partial charge >= 0.3 is 0 Å². The number of anilines is 1. The van der Waals surface area contributed by atoms with Crippen LogP contribution in [0, 0.1) is 6.92 Å². The molecule has 0 aliphatic rings. The Morgan fingerprint density at radius 1 is 0.967 bits per heavy atom. The first kappa shape index (κ1) is 21.4. The van der Waals surface area contributed by atoms with Crippen LogP contribution in [0.5, 0.6) is 5.75 Å². The van der Waals surface area contributed by atoms with E-state index < -0.39 is 15.9 Å². The van der Waals surface area contributed by atoms with Gasteiger partial charge in [-0.25, -0.2) is 8.42 Å². The number of nitrogens with one attached hydrogen (secondary N) is 1. The number of para-hydroxylation sites is 1. The van der Waals surface area contributed by atoms with Crippen molar-refractivity contribution in [3.05, 3.63) is 90.0 Å². The lowest BCUT2D eigenvalue weighted by molar-refractivity contribution is -0.119. The van der Waals surface area contributed by atoms with E-state index in [1.54, 1.807) is 49.4 Å². The molecule has 0 saturated carbocycles. The second-order valence-electron chi connectivity index (χ2n) is 6.74. The normalized spacial score (nSPS) is 11.0. The average molecular weight is 425 g/mol. The molecular formula is C23H24N2O4S. The Hall–Kier alpha value is -3.32. The molecular weight excluding hydrogens is 400 g/mol. The first-order chi connectivity index (χ1) is 14.4. The molecule has 3 rings (SSSR count). The van der Waals surface area contributed by atoms with Crippen LogP contribution in [-0.4, -0.2) is 28.0 Å². The molecule has 0 fully saturated rings. The molecule has 7 heteroatoms. The lowest BCUT2D eigenvalue weighted by atomic mass is 10.2. The van der Waals surface area contributed by atoms with Crippen LogP contribution in [0.2, 0.25) is 0 Å². The minimum atomic E-state index is -3.96. The third-order valence-electron chi connectivity index (χ3n) is 4.62. The van der Waals surface area contributed by atoms with Crippen molar-refractivity contribution in [2.45, 2.75) is 18.4 Å². The summed E-state index contributed by atoms with van der Waals surface area (Å²) in [6, 6.07) is 22.7. The van der Waals surface area contributed by atoms with Gasteiger partial charge in [0, 0.05) is 6.54 Å². The number of benzene rings is 3. The molecule has 1 amide bonds. The molecule has 0 radical (unpaired) electrons. The van der Waals surface area contributed by atoms with Crippen molar-refractivity contribution in [3.63, 3.8) is 0 Å². The first-order valence-corrected chi connectivity index (χ1v) is 10.9. The van der Waals surface area contributed by atoms with Crippen molar-refractivity contribution in [2.75, 3.05) is 18.0 Å². The van der Waals surface area contributed by atoms with Gasteiger partial charge in [0.05, 0.1) is 17.7 Å². The molecule has 0 aliphatic carbocycles. The minimum Gasteiger partial charge on any atom is -0.496 e. The Morgan fingerprint density at radius 2 is 1.60 bits per heavy atom. The van der Waals surface area contributed by atoms with Crippen LogP contribution in [0.1, 0.15) is 11.1 Å². The van der Waals surface area contributed by atoms with E-state index >= 15 is 0 Å². The number of carbonyl (C=O) groups is 1. The number of hydrogen-bond acceptors (Lipinski definition) is 4. The van der Waals surface area contributed by atoms with Crippen molar-refractivity contribution in [2.24, 2.45) is 0 Å². The summed E-state index contributed by atoms with van der Waals surface area (Å²) in [5, 5.41) is 2.79. The molecule has 0 aliphatic heterocycles. The van der Waals surface area contributed by atoms with Crippen molar-refractivity contribution >= 4 is 21.6 Å². The standard InChI is InChI=1S/C23H24N2O4S/c1-18-15-21(13-14-22(18)29-2)30(27,28)25(20-11-7-4-8-12-20)17-23(26)24-16-19-9-5-3-6-10-19/h3-15H,16-17H2,1-2H3,(H,24,26). The van der Waals surface area contributed by atoms with Crippen molar-refractivity contribution in [1.29, 1.82) is 0 Å². The lowest BCUT2D eigenvalue weighted by Gasteiger charge is -2.24. The molecule has 6 nitrogen and oxygen atoms in total. The number of aryl methyl sites for hydroxylation is 1. The molecule has 0 saturated heterocycles. The van der Waals surface area contributed by atoms with Crippen LogP contribution in [0.3, 0.4) is 0 Å². The fraction of sp³-hybridized carbons (Fsp3) is 0.174. The molecule has 3 aromatic rings. The number of rotatable bonds is 8. The maximum Gasteiger partial charge on any atom is 0.264 e. The highest BCUT2D eigenvalue weighted by Gasteiger charge is 2.27. The maximum atomic E-state index is 13.4. The van der Waals surface area contributed by atoms with E-state index in [9.17, 15) is 13.2 Å². The van der Waals surface area contributed by atoms with Gasteiger partial charge in [-0.2, -0.15) is 0 Å². The molecule has 0 heterocycles. The molecule has 0 spiro atoms. The van der Waals surface area contributed by atoms with Gasteiger partial charge in [-0.15, -0.1) is 0 Å². The van der Waals surface area contributed by atoms with Gasteiger partial charge < -0.3 is 10.1 Å². The van der Waals surface area contributed by atoms with E-state index in [2.05, 4.69) is 5.32 Å². The SMILES string of the molecule is COc1ccc(S(=O)(=O)N(CC(=O)NCc2ccccc2)c2ccccc2)cc1C. The summed E-state index contributed by atoms with van der Waals surface area (Å²) in [5.74, 6) is 0.206. The van der Waals surface area contributed by atoms with Gasteiger partial charge in [-0.05, 0) is 48.4 Å². The zero-order chi connectivity index (χ0) is 21.6. The number of ether oxygens (including phenoxy) is 1. The summed E-state index contributed by atoms with van der Waals surface area (Å²) in [6.45, 7) is 1.77. The van der Waals surface area contributed by atoms with Crippen LogP contribution in [-0.2, 0) is 21.4 Å². The van der Waals surface area contributed by atoms with Gasteiger partial charge in [0.15, 0.2) is 0 Å². The third-order valence-corrected chi connectivity index (χ3v) is 6.39. The summed E-state index contributed by atoms with van der Waals surface area (Å²) >= 11 is 0. The quantitative estimate of drug-likeness (QED) is 0.600. The fourth-order valence-electron chi connectivity index (χ4n) is 3.03. The predicted octanol–water partition coefficient (Wildman–Crippen LogP) is 3.52. The van der Waals surface area contributed by atoms with Crippen molar-refractivity contribution in [3.8, 4) is 5.75 Å². The van der Waals surface area contributed by atoms with Crippen molar-refractivity contribution in [1.82, 2.24) is 5.32 Å². The molecule has 1 N–H and O–H groups in total. The summed E-state index contributed by atoms with van der Waals surface area (Å²) in [5.41, 5.74) is 2.05. The maximum absolute atomic E-state index is 13.4. The molecule has 0 bridgehead atoms. The van der Waals surface area contributed by atoms with E-state index in [1.807, 2.05) is 30.3 Å². The zero-order valence-corrected chi connectivity index (χ0v) is 17.7. The molecule has 3 aromatic carbocycles. The highest BCUT2D eigenvalue weighted by atomic mass is 32.2. The van der Waals surface area contributed by atoms with Gasteiger partial charge in [0.1, 0.15) is 12.3 Å². The molecule has 0 unspecified atom stereocenters. The first-order valence-electron chi connectivity index (χ1n) is 9.45. The summed E-state index contributed by atoms with van der Waals surface area (Å²) in [7, 11) is -2.43. The van der Waals surface area contributed by atoms with Crippen LogP contribution >= 0.6 is 0 Å². The van der Waals surface area contributed by atoms with E-state index in [4.69, 9.17) is 4.74 Å². The zero-order valence-electron chi connectivity index (χ0n) is 16.9. The molecule has 156 valence electrons. The Balaban J connectivity index is 1.87. The summed E-state index contributed by atoms with van der Waals surface area (Å²) < 4.78 is 33.1. The number of hydrogen-bond donors (Lipinski definition) is 1. The van der Waals surface area contributed by atoms with Gasteiger partial charge in [0.2, 0.25) is 5.91 Å². The van der Waals surface area contributed by atoms with Crippen molar-refractivity contribution < 1.29 is 17.9 Å². The Kier molecular flexibility index (Phi) is 6.74. The summed E-state index contributed by atoms with van der Waals surface area (Å²) in [4.78, 5) is 12.7. The monoisotopic (exact) mass is 424 g/mol. The van der Waals surface area contributed by atoms with Crippen LogP contribution in [0.4, 0.5) is 5.69 Å². The Bertz CT molecular complexity index is 1100. The fourth-order valence-corrected chi connectivity index (χ4v) is 4.54. The van der Waals surface area contributed by atoms with Crippen LogP contribution in [0.25, 0.3) is 0 Å². The third kappa shape index (κ3) is 4.99. The van der Waals surface area contributed by atoms with E-state index in [-0.39, 0.29) is 11.4 Å². The van der Waals surface area contributed by atoms with Gasteiger partial charge in [-0.1, -0.05) is 48.5 Å². The highest BCUT2D eigenvalue weighted by molar-refractivity contribution is 7.92. The van der Waals surface area contributed by atoms with E-state index in [0.717, 1.165) is 9.87 Å². The molecule has 0 atom stereocenters. The van der Waals surface area contributed by atoms with Crippen LogP contribution in [0.15, 0.2) is 83.8 Å². The second-order valence-corrected chi connectivity index (χ2v) is 8.60. The number of carbonyl (C=O) groups excluding carboxylic acids is 1. The summed E-state index contributed by atoms with van der Waals surface area (Å²) in [6.07, 6.45) is 0. The number of amides is 1. The smallest absolute Gasteiger partial charge is 0.264 e. The largest absolute Gasteiger partial charge is 0.496 e. The van der Waals surface area contributed by atoms with E-state index in [0.29, 0.717) is 23.5 Å². The van der Waals surface area contributed by atoms with Gasteiger partial charge in [-0.3, -0.25) is 9.10 Å². The molecule has 30 heavy (non-hydrogen) atoms. The Morgan fingerprint density at radius 3 is 2.20 bits per heavy atom. The predicted molar refractivity (Wildman–Crippen MR) is 117 cm³/mol. The topological polar surface area (TPSA) is 75.7 Å². The number of sulfonamides is 1. The average Bonchev–Trinajstić information content (AvgIpc) is 2.77.